The molecule has 0 spiro atoms. The smallest absolute Gasteiger partial charge is 0.322 e. The number of hydrogen-bond donors (Lipinski definition) is 2. The zero-order chi connectivity index (χ0) is 9.56. The lowest BCUT2D eigenvalue weighted by Crippen LogP contribution is -2.43. The summed E-state index contributed by atoms with van der Waals surface area (Å²) in [5.74, 6) is 2.67. The van der Waals surface area contributed by atoms with E-state index in [2.05, 4.69) is 21.6 Å². The quantitative estimate of drug-likeness (QED) is 0.479. The molecule has 2 amide bonds. The SMILES string of the molecule is C#CC(NC(=O)NOC)C(C)C. The third-order valence-corrected chi connectivity index (χ3v) is 1.33. The molecule has 0 fully saturated rings. The van der Waals surface area contributed by atoms with E-state index < -0.39 is 6.03 Å². The number of hydrogen-bond acceptors (Lipinski definition) is 2. The highest BCUT2D eigenvalue weighted by atomic mass is 16.6. The lowest BCUT2D eigenvalue weighted by Gasteiger charge is -2.15. The fourth-order valence-corrected chi connectivity index (χ4v) is 0.664. The Morgan fingerprint density at radius 1 is 1.58 bits per heavy atom. The standard InChI is InChI=1S/C8H14N2O2/c1-5-7(6(2)3)9-8(11)10-12-4/h1,6-7H,2-4H3,(H2,9,10,11). The highest BCUT2D eigenvalue weighted by Crippen LogP contribution is 1.98. The lowest BCUT2D eigenvalue weighted by atomic mass is 10.1. The Hall–Kier alpha value is -1.21. The maximum absolute atomic E-state index is 10.9. The van der Waals surface area contributed by atoms with Gasteiger partial charge in [0.2, 0.25) is 0 Å². The summed E-state index contributed by atoms with van der Waals surface area (Å²) in [6, 6.07) is -0.686. The summed E-state index contributed by atoms with van der Waals surface area (Å²) in [6.07, 6.45) is 5.18. The molecule has 0 rings (SSSR count). The van der Waals surface area contributed by atoms with Gasteiger partial charge in [-0.2, -0.15) is 0 Å². The van der Waals surface area contributed by atoms with Gasteiger partial charge in [-0.05, 0) is 5.92 Å². The number of carbonyl (C=O) groups is 1. The van der Waals surface area contributed by atoms with Crippen molar-refractivity contribution in [1.29, 1.82) is 0 Å². The molecule has 4 heteroatoms. The van der Waals surface area contributed by atoms with Crippen molar-refractivity contribution in [1.82, 2.24) is 10.8 Å². The molecule has 0 saturated carbocycles. The van der Waals surface area contributed by atoms with Crippen molar-refractivity contribution < 1.29 is 9.63 Å². The number of terminal acetylenes is 1. The van der Waals surface area contributed by atoms with Gasteiger partial charge in [0.1, 0.15) is 0 Å². The largest absolute Gasteiger partial charge is 0.339 e. The molecule has 68 valence electrons. The van der Waals surface area contributed by atoms with Crippen LogP contribution in [0, 0.1) is 18.3 Å². The number of amides is 2. The van der Waals surface area contributed by atoms with Gasteiger partial charge in [0.15, 0.2) is 0 Å². The first-order chi connectivity index (χ1) is 5.61. The Kier molecular flexibility index (Phi) is 4.89. The topological polar surface area (TPSA) is 50.4 Å². The molecule has 0 saturated heterocycles. The normalized spacial score (nSPS) is 11.9. The van der Waals surface area contributed by atoms with Gasteiger partial charge in [0, 0.05) is 0 Å². The summed E-state index contributed by atoms with van der Waals surface area (Å²) in [5, 5.41) is 2.56. The number of rotatable bonds is 3. The fourth-order valence-electron chi connectivity index (χ4n) is 0.664. The van der Waals surface area contributed by atoms with E-state index in [1.165, 1.54) is 7.11 Å². The highest BCUT2D eigenvalue weighted by molar-refractivity contribution is 5.73. The molecule has 4 nitrogen and oxygen atoms in total. The average molecular weight is 170 g/mol. The van der Waals surface area contributed by atoms with E-state index in [4.69, 9.17) is 6.42 Å². The Bertz CT molecular complexity index is 184. The minimum atomic E-state index is -0.422. The highest BCUT2D eigenvalue weighted by Gasteiger charge is 2.12. The molecule has 0 heterocycles. The maximum Gasteiger partial charge on any atom is 0.339 e. The third kappa shape index (κ3) is 3.84. The Morgan fingerprint density at radius 3 is 2.50 bits per heavy atom. The molecule has 0 aliphatic heterocycles. The van der Waals surface area contributed by atoms with Crippen LogP contribution in [0.25, 0.3) is 0 Å². The van der Waals surface area contributed by atoms with Crippen LogP contribution in [0.15, 0.2) is 0 Å². The molecule has 0 aromatic heterocycles. The van der Waals surface area contributed by atoms with Crippen molar-refractivity contribution in [2.75, 3.05) is 7.11 Å². The molecular weight excluding hydrogens is 156 g/mol. The van der Waals surface area contributed by atoms with Crippen molar-refractivity contribution in [3.63, 3.8) is 0 Å². The summed E-state index contributed by atoms with van der Waals surface area (Å²) in [7, 11) is 1.36. The van der Waals surface area contributed by atoms with Gasteiger partial charge < -0.3 is 5.32 Å². The minimum Gasteiger partial charge on any atom is -0.322 e. The molecule has 0 aliphatic carbocycles. The number of carbonyl (C=O) groups excluding carboxylic acids is 1. The Balaban J connectivity index is 3.88. The van der Waals surface area contributed by atoms with Crippen LogP contribution in [-0.4, -0.2) is 19.2 Å². The average Bonchev–Trinajstić information content (AvgIpc) is 2.00. The van der Waals surface area contributed by atoms with E-state index in [0.717, 1.165) is 0 Å². The van der Waals surface area contributed by atoms with Gasteiger partial charge in [-0.15, -0.1) is 6.42 Å². The first-order valence-corrected chi connectivity index (χ1v) is 3.67. The molecule has 0 bridgehead atoms. The van der Waals surface area contributed by atoms with Gasteiger partial charge >= 0.3 is 6.03 Å². The van der Waals surface area contributed by atoms with E-state index in [0.29, 0.717) is 0 Å². The molecular formula is C8H14N2O2. The van der Waals surface area contributed by atoms with E-state index in [1.807, 2.05) is 13.8 Å². The van der Waals surface area contributed by atoms with Gasteiger partial charge in [0.25, 0.3) is 0 Å². The summed E-state index contributed by atoms with van der Waals surface area (Å²) in [5.41, 5.74) is 2.12. The van der Waals surface area contributed by atoms with Crippen LogP contribution >= 0.6 is 0 Å². The zero-order valence-electron chi connectivity index (χ0n) is 7.55. The number of hydroxylamine groups is 1. The van der Waals surface area contributed by atoms with Crippen molar-refractivity contribution in [2.24, 2.45) is 5.92 Å². The zero-order valence-corrected chi connectivity index (χ0v) is 7.55. The van der Waals surface area contributed by atoms with Gasteiger partial charge in [-0.3, -0.25) is 4.84 Å². The second-order valence-electron chi connectivity index (χ2n) is 2.67. The Labute approximate surface area is 72.6 Å². The van der Waals surface area contributed by atoms with Crippen LogP contribution in [0.1, 0.15) is 13.8 Å². The second kappa shape index (κ2) is 5.44. The molecule has 12 heavy (non-hydrogen) atoms. The van der Waals surface area contributed by atoms with Gasteiger partial charge in [0.05, 0.1) is 13.2 Å². The molecule has 2 N–H and O–H groups in total. The van der Waals surface area contributed by atoms with Crippen molar-refractivity contribution in [3.05, 3.63) is 0 Å². The van der Waals surface area contributed by atoms with Crippen LogP contribution in [0.3, 0.4) is 0 Å². The number of urea groups is 1. The molecule has 1 atom stereocenters. The van der Waals surface area contributed by atoms with Crippen LogP contribution in [0.4, 0.5) is 4.79 Å². The van der Waals surface area contributed by atoms with Crippen LogP contribution < -0.4 is 10.8 Å². The molecule has 1 unspecified atom stereocenters. The lowest BCUT2D eigenvalue weighted by molar-refractivity contribution is 0.106. The van der Waals surface area contributed by atoms with E-state index in [1.54, 1.807) is 0 Å². The molecule has 0 aromatic rings. The van der Waals surface area contributed by atoms with Crippen LogP contribution in [0.5, 0.6) is 0 Å². The predicted octanol–water partition coefficient (Wildman–Crippen LogP) is 0.505. The van der Waals surface area contributed by atoms with Crippen molar-refractivity contribution in [2.45, 2.75) is 19.9 Å². The molecule has 0 radical (unpaired) electrons. The van der Waals surface area contributed by atoms with Gasteiger partial charge in [-0.1, -0.05) is 19.8 Å². The first kappa shape index (κ1) is 10.8. The van der Waals surface area contributed by atoms with Crippen molar-refractivity contribution >= 4 is 6.03 Å². The third-order valence-electron chi connectivity index (χ3n) is 1.33. The molecule has 0 aliphatic rings. The second-order valence-corrected chi connectivity index (χ2v) is 2.67. The van der Waals surface area contributed by atoms with Gasteiger partial charge in [-0.25, -0.2) is 10.3 Å². The van der Waals surface area contributed by atoms with Crippen LogP contribution in [-0.2, 0) is 4.84 Å². The first-order valence-electron chi connectivity index (χ1n) is 3.67. The van der Waals surface area contributed by atoms with Crippen molar-refractivity contribution in [3.8, 4) is 12.3 Å². The summed E-state index contributed by atoms with van der Waals surface area (Å²) < 4.78 is 0. The minimum absolute atomic E-state index is 0.206. The fraction of sp³-hybridized carbons (Fsp3) is 0.625. The summed E-state index contributed by atoms with van der Waals surface area (Å²) in [6.45, 7) is 3.86. The number of nitrogens with one attached hydrogen (secondary N) is 2. The maximum atomic E-state index is 10.9. The van der Waals surface area contributed by atoms with Crippen LogP contribution in [0.2, 0.25) is 0 Å². The summed E-state index contributed by atoms with van der Waals surface area (Å²) >= 11 is 0. The Morgan fingerprint density at radius 2 is 2.17 bits per heavy atom. The molecule has 0 aromatic carbocycles. The van der Waals surface area contributed by atoms with E-state index in [-0.39, 0.29) is 12.0 Å². The monoisotopic (exact) mass is 170 g/mol. The summed E-state index contributed by atoms with van der Waals surface area (Å²) in [4.78, 5) is 15.3. The van der Waals surface area contributed by atoms with E-state index >= 15 is 0 Å². The predicted molar refractivity (Wildman–Crippen MR) is 46.1 cm³/mol. The van der Waals surface area contributed by atoms with E-state index in [9.17, 15) is 4.79 Å².